The molecular weight excluding hydrogens is 254 g/mol. The van der Waals surface area contributed by atoms with Crippen molar-refractivity contribution in [1.82, 2.24) is 15.2 Å². The average Bonchev–Trinajstić information content (AvgIpc) is 2.99. The molecule has 2 heterocycles. The second-order valence-electron chi connectivity index (χ2n) is 5.10. The summed E-state index contributed by atoms with van der Waals surface area (Å²) in [5.41, 5.74) is 0.543. The lowest BCUT2D eigenvalue weighted by molar-refractivity contribution is 0.0737. The van der Waals surface area contributed by atoms with Crippen molar-refractivity contribution in [3.05, 3.63) is 23.9 Å². The fourth-order valence-corrected chi connectivity index (χ4v) is 2.61. The van der Waals surface area contributed by atoms with Crippen molar-refractivity contribution in [3.8, 4) is 5.88 Å². The Hall–Kier alpha value is -1.62. The summed E-state index contributed by atoms with van der Waals surface area (Å²) in [7, 11) is 1.54. The Morgan fingerprint density at radius 1 is 1.60 bits per heavy atom. The summed E-state index contributed by atoms with van der Waals surface area (Å²) in [5, 5.41) is 3.44. The van der Waals surface area contributed by atoms with Crippen molar-refractivity contribution in [1.29, 1.82) is 0 Å². The first-order chi connectivity index (χ1) is 9.76. The van der Waals surface area contributed by atoms with Crippen LogP contribution in [0.15, 0.2) is 18.3 Å². The highest BCUT2D eigenvalue weighted by molar-refractivity contribution is 5.96. The highest BCUT2D eigenvalue weighted by Crippen LogP contribution is 2.17. The van der Waals surface area contributed by atoms with E-state index in [1.165, 1.54) is 6.42 Å². The van der Waals surface area contributed by atoms with Crippen LogP contribution >= 0.6 is 0 Å². The third-order valence-corrected chi connectivity index (χ3v) is 3.58. The summed E-state index contributed by atoms with van der Waals surface area (Å²) in [6.07, 6.45) is 4.91. The highest BCUT2D eigenvalue weighted by atomic mass is 16.5. The van der Waals surface area contributed by atoms with Crippen molar-refractivity contribution in [2.75, 3.05) is 26.7 Å². The van der Waals surface area contributed by atoms with Gasteiger partial charge in [0.2, 0.25) is 5.88 Å². The van der Waals surface area contributed by atoms with Crippen LogP contribution in [0.5, 0.6) is 5.88 Å². The van der Waals surface area contributed by atoms with E-state index in [4.69, 9.17) is 4.74 Å². The molecule has 1 aliphatic rings. The maximum Gasteiger partial charge on any atom is 0.259 e. The molecule has 1 aliphatic heterocycles. The zero-order chi connectivity index (χ0) is 14.4. The van der Waals surface area contributed by atoms with E-state index in [2.05, 4.69) is 17.2 Å². The molecule has 1 atom stereocenters. The fraction of sp³-hybridized carbons (Fsp3) is 0.600. The van der Waals surface area contributed by atoms with Gasteiger partial charge in [0.15, 0.2) is 0 Å². The summed E-state index contributed by atoms with van der Waals surface area (Å²) < 4.78 is 5.19. The minimum absolute atomic E-state index is 0.00509. The second kappa shape index (κ2) is 7.24. The molecule has 1 aromatic rings. The number of carbonyl (C=O) groups is 1. The van der Waals surface area contributed by atoms with E-state index in [0.717, 1.165) is 32.5 Å². The second-order valence-corrected chi connectivity index (χ2v) is 5.10. The van der Waals surface area contributed by atoms with Crippen LogP contribution in [0, 0.1) is 0 Å². The van der Waals surface area contributed by atoms with Gasteiger partial charge in [0.25, 0.3) is 5.91 Å². The van der Waals surface area contributed by atoms with Crippen LogP contribution in [0.4, 0.5) is 0 Å². The summed E-state index contributed by atoms with van der Waals surface area (Å²) in [6.45, 7) is 4.65. The Morgan fingerprint density at radius 2 is 2.45 bits per heavy atom. The van der Waals surface area contributed by atoms with Crippen LogP contribution < -0.4 is 10.1 Å². The third kappa shape index (κ3) is 3.48. The largest absolute Gasteiger partial charge is 0.480 e. The first-order valence-electron chi connectivity index (χ1n) is 7.28. The zero-order valence-electron chi connectivity index (χ0n) is 12.3. The number of rotatable bonds is 6. The third-order valence-electron chi connectivity index (χ3n) is 3.58. The molecule has 5 heteroatoms. The predicted molar refractivity (Wildman–Crippen MR) is 78.0 cm³/mol. The van der Waals surface area contributed by atoms with Crippen molar-refractivity contribution < 1.29 is 9.53 Å². The maximum atomic E-state index is 12.7. The number of methoxy groups -OCH3 is 1. The van der Waals surface area contributed by atoms with Gasteiger partial charge in [-0.1, -0.05) is 6.92 Å². The monoisotopic (exact) mass is 277 g/mol. The molecule has 0 spiro atoms. The summed E-state index contributed by atoms with van der Waals surface area (Å²) in [6, 6.07) is 3.96. The van der Waals surface area contributed by atoms with Crippen LogP contribution in [0.1, 0.15) is 36.5 Å². The molecule has 1 unspecified atom stereocenters. The molecule has 1 amide bonds. The Kier molecular flexibility index (Phi) is 5.35. The molecule has 110 valence electrons. The van der Waals surface area contributed by atoms with Gasteiger partial charge in [0, 0.05) is 25.3 Å². The maximum absolute atomic E-state index is 12.7. The molecule has 1 aromatic heterocycles. The summed E-state index contributed by atoms with van der Waals surface area (Å²) in [4.78, 5) is 18.7. The van der Waals surface area contributed by atoms with E-state index >= 15 is 0 Å². The average molecular weight is 277 g/mol. The van der Waals surface area contributed by atoms with Gasteiger partial charge in [-0.05, 0) is 37.9 Å². The zero-order valence-corrected chi connectivity index (χ0v) is 12.3. The van der Waals surface area contributed by atoms with Crippen LogP contribution in [0.2, 0.25) is 0 Å². The standard InChI is InChI=1S/C15H23N3O2/c1-3-10-18(11-12-6-4-8-16-12)15(19)13-7-5-9-17-14(13)20-2/h5,7,9,12,16H,3-4,6,8,10-11H2,1-2H3. The number of hydrogen-bond acceptors (Lipinski definition) is 4. The quantitative estimate of drug-likeness (QED) is 0.860. The van der Waals surface area contributed by atoms with E-state index in [1.54, 1.807) is 25.4 Å². The van der Waals surface area contributed by atoms with Crippen LogP contribution in [-0.4, -0.2) is 48.6 Å². The number of aromatic nitrogens is 1. The number of nitrogens with one attached hydrogen (secondary N) is 1. The number of carbonyl (C=O) groups excluding carboxylic acids is 1. The number of hydrogen-bond donors (Lipinski definition) is 1. The van der Waals surface area contributed by atoms with Crippen LogP contribution in [0.3, 0.4) is 0 Å². The van der Waals surface area contributed by atoms with Gasteiger partial charge in [0.05, 0.1) is 7.11 Å². The lowest BCUT2D eigenvalue weighted by atomic mass is 10.1. The minimum atomic E-state index is 0.00509. The van der Waals surface area contributed by atoms with E-state index in [1.807, 2.05) is 4.90 Å². The Morgan fingerprint density at radius 3 is 3.10 bits per heavy atom. The Bertz CT molecular complexity index is 444. The van der Waals surface area contributed by atoms with Crippen LogP contribution in [0.25, 0.3) is 0 Å². The van der Waals surface area contributed by atoms with E-state index in [9.17, 15) is 4.79 Å². The molecular formula is C15H23N3O2. The minimum Gasteiger partial charge on any atom is -0.480 e. The van der Waals surface area contributed by atoms with Crippen LogP contribution in [-0.2, 0) is 0 Å². The van der Waals surface area contributed by atoms with Crippen molar-refractivity contribution in [2.24, 2.45) is 0 Å². The molecule has 1 N–H and O–H groups in total. The molecule has 2 rings (SSSR count). The SMILES string of the molecule is CCCN(CC1CCCN1)C(=O)c1cccnc1OC. The van der Waals surface area contributed by atoms with Gasteiger partial charge in [0.1, 0.15) is 5.56 Å². The lowest BCUT2D eigenvalue weighted by Gasteiger charge is -2.26. The number of nitrogens with zero attached hydrogens (tertiary/aromatic N) is 2. The number of ether oxygens (including phenoxy) is 1. The van der Waals surface area contributed by atoms with E-state index in [-0.39, 0.29) is 5.91 Å². The topological polar surface area (TPSA) is 54.5 Å². The van der Waals surface area contributed by atoms with Gasteiger partial charge in [-0.15, -0.1) is 0 Å². The summed E-state index contributed by atoms with van der Waals surface area (Å²) >= 11 is 0. The van der Waals surface area contributed by atoms with Crippen molar-refractivity contribution in [3.63, 3.8) is 0 Å². The van der Waals surface area contributed by atoms with Gasteiger partial charge in [-0.3, -0.25) is 4.79 Å². The Labute approximate surface area is 120 Å². The molecule has 5 nitrogen and oxygen atoms in total. The Balaban J connectivity index is 2.12. The molecule has 1 fully saturated rings. The van der Waals surface area contributed by atoms with Crippen molar-refractivity contribution >= 4 is 5.91 Å². The molecule has 0 bridgehead atoms. The molecule has 0 aromatic carbocycles. The smallest absolute Gasteiger partial charge is 0.259 e. The number of amides is 1. The summed E-state index contributed by atoms with van der Waals surface area (Å²) in [5.74, 6) is 0.406. The van der Waals surface area contributed by atoms with Crippen molar-refractivity contribution in [2.45, 2.75) is 32.2 Å². The van der Waals surface area contributed by atoms with Gasteiger partial charge >= 0.3 is 0 Å². The van der Waals surface area contributed by atoms with Gasteiger partial charge in [-0.25, -0.2) is 4.98 Å². The fourth-order valence-electron chi connectivity index (χ4n) is 2.61. The molecule has 20 heavy (non-hydrogen) atoms. The molecule has 0 radical (unpaired) electrons. The first-order valence-corrected chi connectivity index (χ1v) is 7.28. The lowest BCUT2D eigenvalue weighted by Crippen LogP contribution is -2.41. The van der Waals surface area contributed by atoms with E-state index in [0.29, 0.717) is 17.5 Å². The molecule has 0 saturated carbocycles. The number of pyridine rings is 1. The normalized spacial score (nSPS) is 18.0. The van der Waals surface area contributed by atoms with E-state index < -0.39 is 0 Å². The molecule has 0 aliphatic carbocycles. The molecule has 1 saturated heterocycles. The van der Waals surface area contributed by atoms with Gasteiger partial charge < -0.3 is 15.0 Å². The predicted octanol–water partition coefficient (Wildman–Crippen LogP) is 1.69. The van der Waals surface area contributed by atoms with Gasteiger partial charge in [-0.2, -0.15) is 0 Å². The highest BCUT2D eigenvalue weighted by Gasteiger charge is 2.24. The first kappa shape index (κ1) is 14.8.